The molecule has 4 aromatic rings. The zero-order chi connectivity index (χ0) is 24.8. The monoisotopic (exact) mass is 506 g/mol. The molecule has 3 aromatic carbocycles. The highest BCUT2D eigenvalue weighted by Gasteiger charge is 2.19. The van der Waals surface area contributed by atoms with Gasteiger partial charge in [-0.1, -0.05) is 59.6 Å². The summed E-state index contributed by atoms with van der Waals surface area (Å²) in [6, 6.07) is 25.9. The summed E-state index contributed by atoms with van der Waals surface area (Å²) in [6.45, 7) is 4.68. The molecule has 5 rings (SSSR count). The molecule has 0 saturated carbocycles. The molecular weight excluding hydrogens is 478 g/mol. The van der Waals surface area contributed by atoms with Crippen LogP contribution in [0.15, 0.2) is 78.9 Å². The number of hydrogen-bond acceptors (Lipinski definition) is 4. The number of halogens is 2. The molecule has 0 unspecified atom stereocenters. The molecule has 180 valence electrons. The van der Waals surface area contributed by atoms with Crippen molar-refractivity contribution in [3.63, 3.8) is 0 Å². The first-order chi connectivity index (χ1) is 16.9. The molecule has 0 aliphatic carbocycles. The third-order valence-corrected chi connectivity index (χ3v) is 6.94. The lowest BCUT2D eigenvalue weighted by atomic mass is 9.81. The highest BCUT2D eigenvalue weighted by Crippen LogP contribution is 2.25. The van der Waals surface area contributed by atoms with Gasteiger partial charge in [0, 0.05) is 40.1 Å². The van der Waals surface area contributed by atoms with Crippen LogP contribution in [-0.2, 0) is 6.42 Å². The van der Waals surface area contributed by atoms with Crippen LogP contribution in [0.25, 0.3) is 22.0 Å². The maximum absolute atomic E-state index is 8.63. The number of hydrogen-bond donors (Lipinski definition) is 2. The van der Waals surface area contributed by atoms with E-state index in [0.29, 0.717) is 10.5 Å². The SMILES string of the molecule is C[C@@H]1CCCN1CCc1ccc2cc(-c3ccc(Cl)cc3)ccc2n1.OB(O)c1ccc(Cl)cc1. The van der Waals surface area contributed by atoms with Crippen molar-refractivity contribution >= 4 is 46.7 Å². The third-order valence-electron chi connectivity index (χ3n) is 6.44. The lowest BCUT2D eigenvalue weighted by molar-refractivity contribution is 0.271. The fraction of sp³-hybridized carbons (Fsp3) is 0.250. The first-order valence-corrected chi connectivity index (χ1v) is 12.7. The molecule has 1 saturated heterocycles. The lowest BCUT2D eigenvalue weighted by Crippen LogP contribution is -2.29. The van der Waals surface area contributed by atoms with Crippen LogP contribution >= 0.6 is 23.2 Å². The Morgan fingerprint density at radius 1 is 0.886 bits per heavy atom. The number of pyridine rings is 1. The van der Waals surface area contributed by atoms with E-state index in [4.69, 9.17) is 38.2 Å². The summed E-state index contributed by atoms with van der Waals surface area (Å²) in [5.74, 6) is 0. The second-order valence-corrected chi connectivity index (χ2v) is 9.79. The van der Waals surface area contributed by atoms with Gasteiger partial charge in [-0.15, -0.1) is 0 Å². The summed E-state index contributed by atoms with van der Waals surface area (Å²) >= 11 is 11.5. The summed E-state index contributed by atoms with van der Waals surface area (Å²) in [5, 5.41) is 19.8. The predicted octanol–water partition coefficient (Wildman–Crippen LogP) is 5.60. The van der Waals surface area contributed by atoms with Crippen molar-refractivity contribution in [1.82, 2.24) is 9.88 Å². The van der Waals surface area contributed by atoms with Crippen LogP contribution in [0, 0.1) is 0 Å². The summed E-state index contributed by atoms with van der Waals surface area (Å²) in [7, 11) is -1.41. The van der Waals surface area contributed by atoms with Crippen LogP contribution in [0.1, 0.15) is 25.5 Å². The topological polar surface area (TPSA) is 56.6 Å². The van der Waals surface area contributed by atoms with E-state index >= 15 is 0 Å². The fourth-order valence-corrected chi connectivity index (χ4v) is 4.60. The van der Waals surface area contributed by atoms with Gasteiger partial charge in [-0.25, -0.2) is 0 Å². The molecule has 2 N–H and O–H groups in total. The zero-order valence-electron chi connectivity index (χ0n) is 19.7. The Balaban J connectivity index is 0.000000243. The van der Waals surface area contributed by atoms with Crippen molar-refractivity contribution in [3.8, 4) is 11.1 Å². The molecule has 1 aromatic heterocycles. The summed E-state index contributed by atoms with van der Waals surface area (Å²) < 4.78 is 0. The van der Waals surface area contributed by atoms with E-state index in [1.165, 1.54) is 41.6 Å². The average molecular weight is 507 g/mol. The largest absolute Gasteiger partial charge is 0.488 e. The van der Waals surface area contributed by atoms with Gasteiger partial charge in [-0.3, -0.25) is 4.98 Å². The van der Waals surface area contributed by atoms with Crippen molar-refractivity contribution in [2.45, 2.75) is 32.2 Å². The van der Waals surface area contributed by atoms with Crippen LogP contribution in [-0.4, -0.2) is 46.2 Å². The maximum atomic E-state index is 8.63. The van der Waals surface area contributed by atoms with Crippen LogP contribution in [0.4, 0.5) is 0 Å². The fourth-order valence-electron chi connectivity index (χ4n) is 4.35. The Morgan fingerprint density at radius 3 is 2.17 bits per heavy atom. The minimum absolute atomic E-state index is 0.449. The second-order valence-electron chi connectivity index (χ2n) is 8.92. The Morgan fingerprint density at radius 2 is 1.54 bits per heavy atom. The van der Waals surface area contributed by atoms with Gasteiger partial charge >= 0.3 is 7.12 Å². The van der Waals surface area contributed by atoms with Gasteiger partial charge in [0.15, 0.2) is 0 Å². The second kappa shape index (κ2) is 12.0. The van der Waals surface area contributed by atoms with Crippen molar-refractivity contribution in [2.75, 3.05) is 13.1 Å². The molecule has 1 aliphatic rings. The van der Waals surface area contributed by atoms with Crippen LogP contribution in [0.3, 0.4) is 0 Å². The molecule has 1 atom stereocenters. The standard InChI is InChI=1S/C22H23ClN2.C6H6BClO2/c1-16-3-2-13-25(16)14-12-21-10-6-19-15-18(7-11-22(19)24-21)17-4-8-20(23)9-5-17;8-6-3-1-5(2-4-6)7(9)10/h4-11,15-16H,2-3,12-14H2,1H3;1-4,9-10H/t16-;/m1./s1. The van der Waals surface area contributed by atoms with Gasteiger partial charge in [0.2, 0.25) is 0 Å². The van der Waals surface area contributed by atoms with Crippen LogP contribution in [0.5, 0.6) is 0 Å². The highest BCUT2D eigenvalue weighted by molar-refractivity contribution is 6.58. The lowest BCUT2D eigenvalue weighted by Gasteiger charge is -2.20. The van der Waals surface area contributed by atoms with Gasteiger partial charge in [0.1, 0.15) is 0 Å². The molecule has 4 nitrogen and oxygen atoms in total. The first kappa shape index (κ1) is 25.7. The summed E-state index contributed by atoms with van der Waals surface area (Å²) in [6.07, 6.45) is 3.69. The number of benzene rings is 3. The minimum atomic E-state index is -1.41. The molecule has 0 amide bonds. The zero-order valence-corrected chi connectivity index (χ0v) is 21.3. The number of likely N-dealkylation sites (tertiary alicyclic amines) is 1. The van der Waals surface area contributed by atoms with E-state index < -0.39 is 7.12 Å². The molecule has 0 spiro atoms. The van der Waals surface area contributed by atoms with Gasteiger partial charge in [-0.05, 0) is 85.4 Å². The highest BCUT2D eigenvalue weighted by atomic mass is 35.5. The van der Waals surface area contributed by atoms with E-state index in [1.54, 1.807) is 24.3 Å². The normalized spacial score (nSPS) is 15.6. The number of rotatable bonds is 5. The predicted molar refractivity (Wildman–Crippen MR) is 147 cm³/mol. The molecule has 7 heteroatoms. The van der Waals surface area contributed by atoms with Crippen molar-refractivity contribution < 1.29 is 10.0 Å². The summed E-state index contributed by atoms with van der Waals surface area (Å²) in [5.41, 5.74) is 5.09. The Hall–Kier alpha value is -2.41. The smallest absolute Gasteiger partial charge is 0.423 e. The number of fused-ring (bicyclic) bond motifs is 1. The molecule has 0 radical (unpaired) electrons. The molecule has 1 fully saturated rings. The molecular formula is C28H29BCl2N2O2. The van der Waals surface area contributed by atoms with Crippen molar-refractivity contribution in [2.24, 2.45) is 0 Å². The third kappa shape index (κ3) is 7.06. The van der Waals surface area contributed by atoms with Gasteiger partial charge in [0.25, 0.3) is 0 Å². The summed E-state index contributed by atoms with van der Waals surface area (Å²) in [4.78, 5) is 7.44. The van der Waals surface area contributed by atoms with Crippen LogP contribution < -0.4 is 5.46 Å². The van der Waals surface area contributed by atoms with Gasteiger partial charge in [0.05, 0.1) is 5.52 Å². The van der Waals surface area contributed by atoms with Gasteiger partial charge < -0.3 is 14.9 Å². The molecule has 0 bridgehead atoms. The Labute approximate surface area is 217 Å². The van der Waals surface area contributed by atoms with E-state index in [-0.39, 0.29) is 0 Å². The van der Waals surface area contributed by atoms with Crippen molar-refractivity contribution in [3.05, 3.63) is 94.6 Å². The average Bonchev–Trinajstić information content (AvgIpc) is 3.28. The van der Waals surface area contributed by atoms with Crippen molar-refractivity contribution in [1.29, 1.82) is 0 Å². The first-order valence-electron chi connectivity index (χ1n) is 11.9. The molecule has 1 aliphatic heterocycles. The molecule has 2 heterocycles. The Bertz CT molecular complexity index is 1250. The molecule has 35 heavy (non-hydrogen) atoms. The quantitative estimate of drug-likeness (QED) is 0.346. The van der Waals surface area contributed by atoms with Crippen LogP contribution in [0.2, 0.25) is 10.0 Å². The van der Waals surface area contributed by atoms with E-state index in [9.17, 15) is 0 Å². The number of aromatic nitrogens is 1. The van der Waals surface area contributed by atoms with E-state index in [2.05, 4.69) is 54.3 Å². The van der Waals surface area contributed by atoms with E-state index in [0.717, 1.165) is 29.5 Å². The van der Waals surface area contributed by atoms with Gasteiger partial charge in [-0.2, -0.15) is 0 Å². The number of nitrogens with zero attached hydrogens (tertiary/aromatic N) is 2. The minimum Gasteiger partial charge on any atom is -0.423 e. The maximum Gasteiger partial charge on any atom is 0.488 e. The Kier molecular flexibility index (Phi) is 8.82. The van der Waals surface area contributed by atoms with E-state index in [1.807, 2.05) is 12.1 Å².